The van der Waals surface area contributed by atoms with E-state index in [-0.39, 0.29) is 17.9 Å². The van der Waals surface area contributed by atoms with E-state index in [4.69, 9.17) is 5.73 Å². The Kier molecular flexibility index (Phi) is 5.52. The van der Waals surface area contributed by atoms with Crippen LogP contribution in [0.3, 0.4) is 0 Å². The molecule has 0 fully saturated rings. The third kappa shape index (κ3) is 3.98. The van der Waals surface area contributed by atoms with E-state index in [1.54, 1.807) is 29.4 Å². The lowest BCUT2D eigenvalue weighted by Gasteiger charge is -2.31. The quantitative estimate of drug-likeness (QED) is 0.622. The van der Waals surface area contributed by atoms with Gasteiger partial charge >= 0.3 is 0 Å². The molecule has 3 rings (SSSR count). The zero-order valence-electron chi connectivity index (χ0n) is 15.3. The Morgan fingerprint density at radius 3 is 2.70 bits per heavy atom. The highest BCUT2D eigenvalue weighted by Crippen LogP contribution is 2.24. The number of aromatic amines is 1. The summed E-state index contributed by atoms with van der Waals surface area (Å²) in [5.41, 5.74) is 8.22. The molecule has 0 aliphatic rings. The minimum atomic E-state index is -0.772. The fraction of sp³-hybridized carbons (Fsp3) is 0.250. The number of hydrogen-bond donors (Lipinski definition) is 3. The lowest BCUT2D eigenvalue weighted by molar-refractivity contribution is 0.0415. The van der Waals surface area contributed by atoms with Gasteiger partial charge in [0.2, 0.25) is 5.95 Å². The van der Waals surface area contributed by atoms with Gasteiger partial charge in [-0.3, -0.25) is 4.79 Å². The second kappa shape index (κ2) is 8.01. The molecule has 2 unspecified atom stereocenters. The minimum absolute atomic E-state index is 0.177. The van der Waals surface area contributed by atoms with Crippen molar-refractivity contribution in [3.63, 3.8) is 0 Å². The van der Waals surface area contributed by atoms with Crippen molar-refractivity contribution < 1.29 is 9.90 Å². The Balaban J connectivity index is 1.81. The van der Waals surface area contributed by atoms with Crippen LogP contribution in [0.15, 0.2) is 54.9 Å². The van der Waals surface area contributed by atoms with E-state index in [0.717, 1.165) is 11.1 Å². The first kappa shape index (κ1) is 18.6. The van der Waals surface area contributed by atoms with Crippen LogP contribution in [0.25, 0.3) is 11.3 Å². The maximum Gasteiger partial charge on any atom is 0.270 e. The van der Waals surface area contributed by atoms with Crippen molar-refractivity contribution in [2.75, 3.05) is 12.3 Å². The Bertz CT molecular complexity index is 910. The summed E-state index contributed by atoms with van der Waals surface area (Å²) in [6.45, 7) is 4.20. The molecule has 7 nitrogen and oxygen atoms in total. The number of aliphatic hydroxyl groups excluding tert-OH is 1. The highest BCUT2D eigenvalue weighted by Gasteiger charge is 2.27. The van der Waals surface area contributed by atoms with Gasteiger partial charge in [0.25, 0.3) is 5.91 Å². The number of carbonyl (C=O) groups excluding carboxylic acids is 1. The number of nitrogens with two attached hydrogens (primary N) is 1. The van der Waals surface area contributed by atoms with Gasteiger partial charge in [0.05, 0.1) is 17.8 Å². The summed E-state index contributed by atoms with van der Waals surface area (Å²) in [7, 11) is 0. The summed E-state index contributed by atoms with van der Waals surface area (Å²) in [6, 6.07) is 12.4. The van der Waals surface area contributed by atoms with Crippen LogP contribution in [0.1, 0.15) is 36.0 Å². The average molecular weight is 365 g/mol. The second-order valence-electron chi connectivity index (χ2n) is 6.29. The summed E-state index contributed by atoms with van der Waals surface area (Å²) in [5, 5.41) is 10.7. The molecule has 1 aromatic carbocycles. The number of anilines is 1. The molecule has 1 amide bonds. The van der Waals surface area contributed by atoms with E-state index < -0.39 is 6.10 Å². The van der Waals surface area contributed by atoms with E-state index in [9.17, 15) is 9.90 Å². The number of amides is 1. The number of nitrogens with zero attached hydrogens (tertiary/aromatic N) is 3. The number of benzene rings is 1. The largest absolute Gasteiger partial charge is 0.386 e. The van der Waals surface area contributed by atoms with Crippen LogP contribution in [-0.2, 0) is 0 Å². The van der Waals surface area contributed by atoms with E-state index in [1.807, 2.05) is 44.2 Å². The predicted octanol–water partition coefficient (Wildman–Crippen LogP) is 2.64. The van der Waals surface area contributed by atoms with Crippen molar-refractivity contribution in [3.05, 3.63) is 66.1 Å². The summed E-state index contributed by atoms with van der Waals surface area (Å²) >= 11 is 0. The first-order valence-corrected chi connectivity index (χ1v) is 8.82. The van der Waals surface area contributed by atoms with Gasteiger partial charge < -0.3 is 20.7 Å². The highest BCUT2D eigenvalue weighted by molar-refractivity contribution is 5.94. The number of carbonyl (C=O) groups is 1. The number of hydrogen-bond acceptors (Lipinski definition) is 5. The molecule has 2 aromatic heterocycles. The maximum atomic E-state index is 13.0. The molecule has 27 heavy (non-hydrogen) atoms. The van der Waals surface area contributed by atoms with Gasteiger partial charge in [-0.15, -0.1) is 0 Å². The van der Waals surface area contributed by atoms with Gasteiger partial charge in [0, 0.05) is 24.5 Å². The number of likely N-dealkylation sites (N-methyl/N-ethyl adjacent to an activating group) is 1. The van der Waals surface area contributed by atoms with Crippen LogP contribution < -0.4 is 5.73 Å². The monoisotopic (exact) mass is 365 g/mol. The van der Waals surface area contributed by atoms with Crippen molar-refractivity contribution in [2.45, 2.75) is 26.0 Å². The van der Waals surface area contributed by atoms with Crippen molar-refractivity contribution in [2.24, 2.45) is 0 Å². The molecule has 0 spiro atoms. The first-order chi connectivity index (χ1) is 13.0. The van der Waals surface area contributed by atoms with E-state index in [1.165, 1.54) is 0 Å². The molecule has 140 valence electrons. The zero-order valence-corrected chi connectivity index (χ0v) is 15.3. The Labute approximate surface area is 157 Å². The molecule has 0 saturated carbocycles. The van der Waals surface area contributed by atoms with Crippen LogP contribution in [0, 0.1) is 0 Å². The fourth-order valence-corrected chi connectivity index (χ4v) is 3.07. The van der Waals surface area contributed by atoms with Crippen LogP contribution in [0.2, 0.25) is 0 Å². The third-order valence-corrected chi connectivity index (χ3v) is 4.57. The number of aliphatic hydroxyl groups is 1. The zero-order chi connectivity index (χ0) is 19.4. The topological polar surface area (TPSA) is 108 Å². The normalized spacial score (nSPS) is 13.1. The maximum absolute atomic E-state index is 13.0. The van der Waals surface area contributed by atoms with Gasteiger partial charge in [0.1, 0.15) is 5.69 Å². The number of H-pyrrole nitrogens is 1. The van der Waals surface area contributed by atoms with Crippen molar-refractivity contribution in [1.29, 1.82) is 0 Å². The Morgan fingerprint density at radius 1 is 1.30 bits per heavy atom. The number of nitrogens with one attached hydrogen (secondary N) is 1. The van der Waals surface area contributed by atoms with Crippen molar-refractivity contribution in [1.82, 2.24) is 19.9 Å². The SMILES string of the molecule is CCN(C(=O)c1cc(-c2ccnc(N)n2)c[nH]1)C(C)C(O)c1ccccc1. The minimum Gasteiger partial charge on any atom is -0.386 e. The predicted molar refractivity (Wildman–Crippen MR) is 104 cm³/mol. The molecule has 0 saturated heterocycles. The van der Waals surface area contributed by atoms with E-state index in [2.05, 4.69) is 15.0 Å². The lowest BCUT2D eigenvalue weighted by Crippen LogP contribution is -2.42. The van der Waals surface area contributed by atoms with Crippen molar-refractivity contribution in [3.8, 4) is 11.3 Å². The second-order valence-corrected chi connectivity index (χ2v) is 6.29. The van der Waals surface area contributed by atoms with E-state index >= 15 is 0 Å². The summed E-state index contributed by atoms with van der Waals surface area (Å²) in [6.07, 6.45) is 2.51. The summed E-state index contributed by atoms with van der Waals surface area (Å²) in [5.74, 6) is -0.00961. The fourth-order valence-electron chi connectivity index (χ4n) is 3.07. The summed E-state index contributed by atoms with van der Waals surface area (Å²) in [4.78, 5) is 25.7. The smallest absolute Gasteiger partial charge is 0.270 e. The summed E-state index contributed by atoms with van der Waals surface area (Å²) < 4.78 is 0. The van der Waals surface area contributed by atoms with E-state index in [0.29, 0.717) is 17.9 Å². The van der Waals surface area contributed by atoms with Gasteiger partial charge in [-0.05, 0) is 31.5 Å². The van der Waals surface area contributed by atoms with Crippen molar-refractivity contribution >= 4 is 11.9 Å². The Morgan fingerprint density at radius 2 is 2.04 bits per heavy atom. The standard InChI is InChI=1S/C20H23N5O2/c1-3-25(13(2)18(26)14-7-5-4-6-8-14)19(27)17-11-15(12-23-17)16-9-10-22-20(21)24-16/h4-13,18,23,26H,3H2,1-2H3,(H2,21,22,24). The molecule has 2 atom stereocenters. The van der Waals surface area contributed by atoms with Gasteiger partial charge in [-0.25, -0.2) is 9.97 Å². The number of rotatable bonds is 6. The van der Waals surface area contributed by atoms with Gasteiger partial charge in [-0.1, -0.05) is 30.3 Å². The molecular formula is C20H23N5O2. The lowest BCUT2D eigenvalue weighted by atomic mass is 10.0. The molecule has 3 aromatic rings. The van der Waals surface area contributed by atoms with Gasteiger partial charge in [-0.2, -0.15) is 0 Å². The molecule has 0 aliphatic heterocycles. The number of nitrogen functional groups attached to an aromatic ring is 1. The molecule has 0 aliphatic carbocycles. The molecule has 0 radical (unpaired) electrons. The molecule has 4 N–H and O–H groups in total. The first-order valence-electron chi connectivity index (χ1n) is 8.82. The average Bonchev–Trinajstić information content (AvgIpc) is 3.19. The molecular weight excluding hydrogens is 342 g/mol. The van der Waals surface area contributed by atoms with Crippen LogP contribution in [0.5, 0.6) is 0 Å². The van der Waals surface area contributed by atoms with Crippen LogP contribution in [0.4, 0.5) is 5.95 Å². The van der Waals surface area contributed by atoms with Gasteiger partial charge in [0.15, 0.2) is 0 Å². The highest BCUT2D eigenvalue weighted by atomic mass is 16.3. The number of aromatic nitrogens is 3. The molecule has 0 bridgehead atoms. The third-order valence-electron chi connectivity index (χ3n) is 4.57. The molecule has 7 heteroatoms. The van der Waals surface area contributed by atoms with Crippen LogP contribution in [-0.4, -0.2) is 43.5 Å². The molecule has 2 heterocycles. The van der Waals surface area contributed by atoms with Crippen LogP contribution >= 0.6 is 0 Å². The Hall–Kier alpha value is -3.19.